The number of pyridine rings is 1. The first kappa shape index (κ1) is 13.5. The molecule has 0 saturated carbocycles. The lowest BCUT2D eigenvalue weighted by atomic mass is 10.1. The second-order valence-electron chi connectivity index (χ2n) is 5.30. The molecule has 1 aliphatic heterocycles. The highest BCUT2D eigenvalue weighted by Gasteiger charge is 2.23. The molecule has 1 aromatic heterocycles. The van der Waals surface area contributed by atoms with E-state index in [0.717, 1.165) is 23.0 Å². The van der Waals surface area contributed by atoms with Crippen molar-refractivity contribution in [3.8, 4) is 0 Å². The van der Waals surface area contributed by atoms with Crippen molar-refractivity contribution in [3.63, 3.8) is 0 Å². The Labute approximate surface area is 119 Å². The van der Waals surface area contributed by atoms with Crippen LogP contribution in [0.3, 0.4) is 0 Å². The molecule has 20 heavy (non-hydrogen) atoms. The molecule has 106 valence electrons. The third-order valence-corrected chi connectivity index (χ3v) is 5.57. The van der Waals surface area contributed by atoms with E-state index in [1.807, 2.05) is 12.1 Å². The molecule has 0 spiro atoms. The number of para-hydroxylation sites is 1. The molecule has 0 unspecified atom stereocenters. The van der Waals surface area contributed by atoms with Crippen LogP contribution in [0.1, 0.15) is 18.4 Å². The number of nitrogens with one attached hydrogen (secondary N) is 1. The number of nitrogens with zero attached hydrogens (tertiary/aromatic N) is 1. The molecule has 0 radical (unpaired) electrons. The largest absolute Gasteiger partial charge is 0.310 e. The van der Waals surface area contributed by atoms with Crippen molar-refractivity contribution in [1.29, 1.82) is 0 Å². The average molecular weight is 290 g/mol. The van der Waals surface area contributed by atoms with Crippen molar-refractivity contribution in [2.45, 2.75) is 25.4 Å². The Morgan fingerprint density at radius 2 is 1.90 bits per heavy atom. The van der Waals surface area contributed by atoms with Crippen LogP contribution in [0, 0.1) is 0 Å². The lowest BCUT2D eigenvalue weighted by Gasteiger charge is -2.23. The standard InChI is InChI=1S/C15H18N2O2S/c18-20(19)9-6-14(7-10-20)17-11-13-4-1-3-12-5-2-8-16-15(12)13/h1-5,8,14,17H,6-7,9-11H2. The van der Waals surface area contributed by atoms with E-state index in [0.29, 0.717) is 24.3 Å². The summed E-state index contributed by atoms with van der Waals surface area (Å²) in [6.45, 7) is 0.735. The van der Waals surface area contributed by atoms with Gasteiger partial charge in [-0.25, -0.2) is 8.42 Å². The average Bonchev–Trinajstić information content (AvgIpc) is 2.46. The van der Waals surface area contributed by atoms with Gasteiger partial charge < -0.3 is 5.32 Å². The van der Waals surface area contributed by atoms with Crippen LogP contribution in [-0.4, -0.2) is 30.9 Å². The van der Waals surface area contributed by atoms with Crippen LogP contribution >= 0.6 is 0 Å². The lowest BCUT2D eigenvalue weighted by Crippen LogP contribution is -2.37. The van der Waals surface area contributed by atoms with E-state index in [1.165, 1.54) is 0 Å². The highest BCUT2D eigenvalue weighted by molar-refractivity contribution is 7.91. The van der Waals surface area contributed by atoms with Gasteiger partial charge in [-0.05, 0) is 24.5 Å². The molecule has 1 aliphatic rings. The zero-order valence-corrected chi connectivity index (χ0v) is 12.1. The van der Waals surface area contributed by atoms with Crippen molar-refractivity contribution in [2.24, 2.45) is 0 Å². The van der Waals surface area contributed by atoms with Crippen LogP contribution in [0.25, 0.3) is 10.9 Å². The Hall–Kier alpha value is -1.46. The van der Waals surface area contributed by atoms with Gasteiger partial charge in [-0.15, -0.1) is 0 Å². The van der Waals surface area contributed by atoms with Crippen LogP contribution in [0.2, 0.25) is 0 Å². The molecular weight excluding hydrogens is 272 g/mol. The van der Waals surface area contributed by atoms with E-state index in [1.54, 1.807) is 6.20 Å². The highest BCUT2D eigenvalue weighted by atomic mass is 32.2. The molecule has 0 atom stereocenters. The molecule has 4 nitrogen and oxygen atoms in total. The summed E-state index contributed by atoms with van der Waals surface area (Å²) in [6.07, 6.45) is 3.22. The lowest BCUT2D eigenvalue weighted by molar-refractivity contribution is 0.463. The molecule has 0 bridgehead atoms. The number of rotatable bonds is 3. The van der Waals surface area contributed by atoms with E-state index in [-0.39, 0.29) is 6.04 Å². The Morgan fingerprint density at radius 3 is 2.70 bits per heavy atom. The number of aromatic nitrogens is 1. The highest BCUT2D eigenvalue weighted by Crippen LogP contribution is 2.17. The summed E-state index contributed by atoms with van der Waals surface area (Å²) in [7, 11) is -2.79. The third kappa shape index (κ3) is 2.99. The SMILES string of the molecule is O=S1(=O)CCC(NCc2cccc3cccnc23)CC1. The van der Waals surface area contributed by atoms with Gasteiger partial charge in [0.15, 0.2) is 0 Å². The van der Waals surface area contributed by atoms with E-state index in [2.05, 4.69) is 28.5 Å². The summed E-state index contributed by atoms with van der Waals surface area (Å²) in [5, 5.41) is 4.60. The Morgan fingerprint density at radius 1 is 1.15 bits per heavy atom. The third-order valence-electron chi connectivity index (χ3n) is 3.85. The molecule has 5 heteroatoms. The molecule has 1 fully saturated rings. The second-order valence-corrected chi connectivity index (χ2v) is 7.60. The Bertz CT molecular complexity index is 693. The summed E-state index contributed by atoms with van der Waals surface area (Å²) in [6, 6.07) is 10.4. The summed E-state index contributed by atoms with van der Waals surface area (Å²) >= 11 is 0. The van der Waals surface area contributed by atoms with Gasteiger partial charge in [-0.1, -0.05) is 24.3 Å². The van der Waals surface area contributed by atoms with Gasteiger partial charge in [-0.2, -0.15) is 0 Å². The summed E-state index contributed by atoms with van der Waals surface area (Å²) in [5.74, 6) is 0.608. The van der Waals surface area contributed by atoms with Crippen LogP contribution in [0.15, 0.2) is 36.5 Å². The maximum Gasteiger partial charge on any atom is 0.150 e. The van der Waals surface area contributed by atoms with Crippen LogP contribution in [0.4, 0.5) is 0 Å². The van der Waals surface area contributed by atoms with Crippen LogP contribution < -0.4 is 5.32 Å². The minimum absolute atomic E-state index is 0.289. The maximum absolute atomic E-state index is 11.4. The first-order valence-electron chi connectivity index (χ1n) is 6.90. The van der Waals surface area contributed by atoms with Crippen LogP contribution in [0.5, 0.6) is 0 Å². The fourth-order valence-corrected chi connectivity index (χ4v) is 4.15. The Kier molecular flexibility index (Phi) is 3.72. The molecule has 2 aromatic rings. The van der Waals surface area contributed by atoms with Gasteiger partial charge in [0.2, 0.25) is 0 Å². The van der Waals surface area contributed by atoms with Gasteiger partial charge in [0, 0.05) is 24.2 Å². The monoisotopic (exact) mass is 290 g/mol. The molecule has 3 rings (SSSR count). The molecule has 0 amide bonds. The molecule has 1 N–H and O–H groups in total. The van der Waals surface area contributed by atoms with Crippen molar-refractivity contribution in [3.05, 3.63) is 42.1 Å². The van der Waals surface area contributed by atoms with Gasteiger partial charge in [0.25, 0.3) is 0 Å². The zero-order chi connectivity index (χ0) is 14.0. The minimum atomic E-state index is -2.79. The topological polar surface area (TPSA) is 59.1 Å². The second kappa shape index (κ2) is 5.50. The van der Waals surface area contributed by atoms with E-state index in [9.17, 15) is 8.42 Å². The molecule has 2 heterocycles. The number of sulfone groups is 1. The molecular formula is C15H18N2O2S. The molecule has 0 aliphatic carbocycles. The first-order valence-corrected chi connectivity index (χ1v) is 8.73. The fourth-order valence-electron chi connectivity index (χ4n) is 2.66. The predicted octanol–water partition coefficient (Wildman–Crippen LogP) is 1.90. The van der Waals surface area contributed by atoms with E-state index >= 15 is 0 Å². The van der Waals surface area contributed by atoms with Gasteiger partial charge in [-0.3, -0.25) is 4.98 Å². The fraction of sp³-hybridized carbons (Fsp3) is 0.400. The van der Waals surface area contributed by atoms with Crippen molar-refractivity contribution < 1.29 is 8.42 Å². The molecule has 1 saturated heterocycles. The first-order chi connectivity index (χ1) is 9.64. The smallest absolute Gasteiger partial charge is 0.150 e. The van der Waals surface area contributed by atoms with Crippen molar-refractivity contribution in [2.75, 3.05) is 11.5 Å². The minimum Gasteiger partial charge on any atom is -0.310 e. The molecule has 1 aromatic carbocycles. The summed E-state index contributed by atoms with van der Waals surface area (Å²) in [5.41, 5.74) is 2.18. The summed E-state index contributed by atoms with van der Waals surface area (Å²) < 4.78 is 22.8. The normalized spacial score (nSPS) is 19.2. The Balaban J connectivity index is 1.69. The van der Waals surface area contributed by atoms with Crippen molar-refractivity contribution in [1.82, 2.24) is 10.3 Å². The van der Waals surface area contributed by atoms with Gasteiger partial charge >= 0.3 is 0 Å². The quantitative estimate of drug-likeness (QED) is 0.938. The number of fused-ring (bicyclic) bond motifs is 1. The van der Waals surface area contributed by atoms with E-state index in [4.69, 9.17) is 0 Å². The number of hydrogen-bond acceptors (Lipinski definition) is 4. The van der Waals surface area contributed by atoms with Crippen molar-refractivity contribution >= 4 is 20.7 Å². The number of hydrogen-bond donors (Lipinski definition) is 1. The van der Waals surface area contributed by atoms with Gasteiger partial charge in [0.05, 0.1) is 17.0 Å². The maximum atomic E-state index is 11.4. The van der Waals surface area contributed by atoms with Gasteiger partial charge in [0.1, 0.15) is 9.84 Å². The zero-order valence-electron chi connectivity index (χ0n) is 11.2. The number of benzene rings is 1. The van der Waals surface area contributed by atoms with Crippen LogP contribution in [-0.2, 0) is 16.4 Å². The van der Waals surface area contributed by atoms with E-state index < -0.39 is 9.84 Å². The predicted molar refractivity (Wildman–Crippen MR) is 80.3 cm³/mol. The summed E-state index contributed by atoms with van der Waals surface area (Å²) in [4.78, 5) is 4.43.